The van der Waals surface area contributed by atoms with E-state index in [0.29, 0.717) is 40.4 Å². The number of amides is 1. The quantitative estimate of drug-likeness (QED) is 0.336. The van der Waals surface area contributed by atoms with Crippen LogP contribution >= 0.6 is 24.0 Å². The highest BCUT2D eigenvalue weighted by atomic mass is 32.2. The van der Waals surface area contributed by atoms with Crippen LogP contribution in [0.1, 0.15) is 38.7 Å². The topological polar surface area (TPSA) is 72.9 Å². The van der Waals surface area contributed by atoms with Gasteiger partial charge >= 0.3 is 0 Å². The zero-order valence-corrected chi connectivity index (χ0v) is 19.0. The fourth-order valence-electron chi connectivity index (χ4n) is 3.25. The third-order valence-corrected chi connectivity index (χ3v) is 7.80. The molecule has 2 saturated heterocycles. The number of sulfone groups is 1. The van der Waals surface area contributed by atoms with Gasteiger partial charge in [-0.25, -0.2) is 8.42 Å². The lowest BCUT2D eigenvalue weighted by Gasteiger charge is -2.20. The highest BCUT2D eigenvalue weighted by molar-refractivity contribution is 8.26. The van der Waals surface area contributed by atoms with E-state index in [4.69, 9.17) is 21.7 Å². The van der Waals surface area contributed by atoms with Crippen LogP contribution in [0.4, 0.5) is 0 Å². The standard InChI is InChI=1S/C20H25NO5S3/c1-3-5-9-26-16-7-6-14(11-17(16)25-4-2)12-18-19(22)21(20(27)28-18)15-8-10-29(23,24)13-15/h6-7,11-12,15H,3-5,8-10,13H2,1-2H3/b18-12+/t15-/m1/s1. The summed E-state index contributed by atoms with van der Waals surface area (Å²) in [5.41, 5.74) is 0.802. The molecular formula is C20H25NO5S3. The summed E-state index contributed by atoms with van der Waals surface area (Å²) < 4.78 is 35.5. The van der Waals surface area contributed by atoms with E-state index in [1.807, 2.05) is 25.1 Å². The smallest absolute Gasteiger partial charge is 0.266 e. The molecule has 2 heterocycles. The second-order valence-corrected chi connectivity index (χ2v) is 10.9. The maximum Gasteiger partial charge on any atom is 0.266 e. The molecule has 0 aliphatic carbocycles. The molecule has 2 aliphatic heterocycles. The monoisotopic (exact) mass is 455 g/mol. The van der Waals surface area contributed by atoms with Crippen LogP contribution in [0.3, 0.4) is 0 Å². The normalized spacial score (nSPS) is 22.5. The van der Waals surface area contributed by atoms with Gasteiger partial charge in [-0.15, -0.1) is 0 Å². The first-order chi connectivity index (χ1) is 13.8. The minimum absolute atomic E-state index is 0.0228. The molecule has 1 amide bonds. The van der Waals surface area contributed by atoms with Crippen molar-refractivity contribution in [2.24, 2.45) is 0 Å². The van der Waals surface area contributed by atoms with Crippen molar-refractivity contribution in [3.8, 4) is 11.5 Å². The summed E-state index contributed by atoms with van der Waals surface area (Å²) in [6.07, 6.45) is 4.21. The van der Waals surface area contributed by atoms with Gasteiger partial charge in [0.15, 0.2) is 21.3 Å². The van der Waals surface area contributed by atoms with Crippen LogP contribution in [-0.2, 0) is 14.6 Å². The number of thioether (sulfide) groups is 1. The van der Waals surface area contributed by atoms with Crippen molar-refractivity contribution in [2.45, 2.75) is 39.2 Å². The molecule has 6 nitrogen and oxygen atoms in total. The molecule has 158 valence electrons. The summed E-state index contributed by atoms with van der Waals surface area (Å²) in [6, 6.07) is 5.19. The Kier molecular flexibility index (Phi) is 7.23. The third-order valence-electron chi connectivity index (χ3n) is 4.72. The Morgan fingerprint density at radius 2 is 2.07 bits per heavy atom. The molecule has 2 fully saturated rings. The van der Waals surface area contributed by atoms with E-state index in [1.54, 1.807) is 6.08 Å². The first-order valence-corrected chi connectivity index (χ1v) is 12.8. The van der Waals surface area contributed by atoms with Crippen molar-refractivity contribution in [3.05, 3.63) is 28.7 Å². The molecule has 1 atom stereocenters. The van der Waals surface area contributed by atoms with Gasteiger partial charge < -0.3 is 9.47 Å². The van der Waals surface area contributed by atoms with Gasteiger partial charge in [0.25, 0.3) is 5.91 Å². The molecule has 1 aromatic carbocycles. The van der Waals surface area contributed by atoms with Crippen LogP contribution in [-0.4, -0.2) is 54.3 Å². The molecule has 0 spiro atoms. The van der Waals surface area contributed by atoms with Crippen LogP contribution in [0.5, 0.6) is 11.5 Å². The molecule has 9 heteroatoms. The summed E-state index contributed by atoms with van der Waals surface area (Å²) in [5.74, 6) is 1.16. The van der Waals surface area contributed by atoms with Crippen LogP contribution in [0.2, 0.25) is 0 Å². The molecule has 0 aromatic heterocycles. The average molecular weight is 456 g/mol. The van der Waals surface area contributed by atoms with Crippen molar-refractivity contribution < 1.29 is 22.7 Å². The predicted octanol–water partition coefficient (Wildman–Crippen LogP) is 3.65. The van der Waals surface area contributed by atoms with Gasteiger partial charge in [-0.3, -0.25) is 9.69 Å². The molecule has 0 N–H and O–H groups in total. The largest absolute Gasteiger partial charge is 0.490 e. The van der Waals surface area contributed by atoms with E-state index in [9.17, 15) is 13.2 Å². The maximum absolute atomic E-state index is 12.9. The number of unbranched alkanes of at least 4 members (excludes halogenated alkanes) is 1. The second-order valence-electron chi connectivity index (χ2n) is 6.95. The Morgan fingerprint density at radius 1 is 1.28 bits per heavy atom. The summed E-state index contributed by atoms with van der Waals surface area (Å²) >= 11 is 6.56. The average Bonchev–Trinajstić information content (AvgIpc) is 3.15. The van der Waals surface area contributed by atoms with Crippen LogP contribution < -0.4 is 9.47 Å². The predicted molar refractivity (Wildman–Crippen MR) is 120 cm³/mol. The van der Waals surface area contributed by atoms with Gasteiger partial charge in [-0.1, -0.05) is 43.4 Å². The van der Waals surface area contributed by atoms with E-state index in [-0.39, 0.29) is 23.5 Å². The zero-order valence-electron chi connectivity index (χ0n) is 16.5. The summed E-state index contributed by atoms with van der Waals surface area (Å²) in [7, 11) is -3.10. The van der Waals surface area contributed by atoms with Crippen LogP contribution in [0.25, 0.3) is 6.08 Å². The SMILES string of the molecule is CCCCOc1ccc(/C=C2/SC(=S)N([C@@H]3CCS(=O)(=O)C3)C2=O)cc1OCC. The lowest BCUT2D eigenvalue weighted by molar-refractivity contribution is -0.123. The summed E-state index contributed by atoms with van der Waals surface area (Å²) in [5, 5.41) is 0. The highest BCUT2D eigenvalue weighted by Gasteiger charge is 2.42. The summed E-state index contributed by atoms with van der Waals surface area (Å²) in [4.78, 5) is 14.8. The lowest BCUT2D eigenvalue weighted by Crippen LogP contribution is -2.39. The Hall–Kier alpha value is -1.58. The van der Waals surface area contributed by atoms with Crippen molar-refractivity contribution in [1.82, 2.24) is 4.90 Å². The van der Waals surface area contributed by atoms with E-state index >= 15 is 0 Å². The van der Waals surface area contributed by atoms with E-state index in [0.717, 1.165) is 18.4 Å². The zero-order chi connectivity index (χ0) is 21.0. The van der Waals surface area contributed by atoms with Crippen molar-refractivity contribution in [2.75, 3.05) is 24.7 Å². The fraction of sp³-hybridized carbons (Fsp3) is 0.500. The second kappa shape index (κ2) is 9.49. The van der Waals surface area contributed by atoms with Crippen LogP contribution in [0, 0.1) is 0 Å². The Balaban J connectivity index is 1.79. The molecule has 0 bridgehead atoms. The maximum atomic E-state index is 12.9. The highest BCUT2D eigenvalue weighted by Crippen LogP contribution is 2.37. The Morgan fingerprint density at radius 3 is 2.72 bits per heavy atom. The molecular weight excluding hydrogens is 430 g/mol. The molecule has 1 aromatic rings. The van der Waals surface area contributed by atoms with Crippen LogP contribution in [0.15, 0.2) is 23.1 Å². The number of carbonyl (C=O) groups excluding carboxylic acids is 1. The molecule has 3 rings (SSSR count). The number of carbonyl (C=O) groups is 1. The molecule has 0 radical (unpaired) electrons. The van der Waals surface area contributed by atoms with Gasteiger partial charge in [0, 0.05) is 0 Å². The van der Waals surface area contributed by atoms with Gasteiger partial charge in [0.1, 0.15) is 4.32 Å². The number of hydrogen-bond acceptors (Lipinski definition) is 7. The van der Waals surface area contributed by atoms with Gasteiger partial charge in [-0.05, 0) is 43.5 Å². The summed E-state index contributed by atoms with van der Waals surface area (Å²) in [6.45, 7) is 5.14. The number of ether oxygens (including phenoxy) is 2. The lowest BCUT2D eigenvalue weighted by atomic mass is 10.1. The molecule has 2 aliphatic rings. The minimum atomic E-state index is -3.10. The minimum Gasteiger partial charge on any atom is -0.490 e. The number of rotatable bonds is 8. The van der Waals surface area contributed by atoms with E-state index < -0.39 is 9.84 Å². The fourth-order valence-corrected chi connectivity index (χ4v) is 6.35. The first-order valence-electron chi connectivity index (χ1n) is 9.71. The third kappa shape index (κ3) is 5.32. The van der Waals surface area contributed by atoms with E-state index in [1.165, 1.54) is 16.7 Å². The van der Waals surface area contributed by atoms with Crippen molar-refractivity contribution >= 4 is 50.1 Å². The Labute approximate surface area is 181 Å². The number of benzene rings is 1. The van der Waals surface area contributed by atoms with Gasteiger partial charge in [0.2, 0.25) is 0 Å². The van der Waals surface area contributed by atoms with E-state index in [2.05, 4.69) is 6.92 Å². The van der Waals surface area contributed by atoms with Crippen molar-refractivity contribution in [3.63, 3.8) is 0 Å². The van der Waals surface area contributed by atoms with Gasteiger partial charge in [0.05, 0.1) is 35.7 Å². The number of nitrogens with zero attached hydrogens (tertiary/aromatic N) is 1. The van der Waals surface area contributed by atoms with Crippen molar-refractivity contribution in [1.29, 1.82) is 0 Å². The van der Waals surface area contributed by atoms with Gasteiger partial charge in [-0.2, -0.15) is 0 Å². The number of hydrogen-bond donors (Lipinski definition) is 0. The molecule has 0 saturated carbocycles. The first kappa shape index (κ1) is 22.1. The molecule has 29 heavy (non-hydrogen) atoms. The Bertz CT molecular complexity index is 926. The molecule has 0 unspecified atom stereocenters. The number of thiocarbonyl (C=S) groups is 1.